The Kier molecular flexibility index (Phi) is 6.00. The van der Waals surface area contributed by atoms with E-state index in [-0.39, 0.29) is 6.79 Å². The van der Waals surface area contributed by atoms with E-state index >= 15 is 0 Å². The maximum Gasteiger partial charge on any atom is 0.231 e. The Morgan fingerprint density at radius 1 is 1.06 bits per heavy atom. The molecule has 2 aromatic rings. The van der Waals surface area contributed by atoms with Crippen LogP contribution in [-0.2, 0) is 6.42 Å². The minimum atomic E-state index is -1.59. The SMILES string of the molecule is CCCCC1=C2c3cc4c(cc3CCN2C(C(Cl)(Cl)Cl)c2c1ccc(OC)c2OC)OCO4. The highest BCUT2D eigenvalue weighted by Crippen LogP contribution is 2.58. The summed E-state index contributed by atoms with van der Waals surface area (Å²) in [5, 5.41) is 0. The third-order valence-electron chi connectivity index (χ3n) is 6.63. The fourth-order valence-corrected chi connectivity index (χ4v) is 5.91. The molecule has 0 saturated heterocycles. The summed E-state index contributed by atoms with van der Waals surface area (Å²) in [4.78, 5) is 2.23. The first-order valence-electron chi connectivity index (χ1n) is 11.1. The molecule has 0 amide bonds. The second kappa shape index (κ2) is 8.68. The molecule has 0 aliphatic carbocycles. The van der Waals surface area contributed by atoms with E-state index in [4.69, 9.17) is 53.8 Å². The number of halogens is 3. The number of ether oxygens (including phenoxy) is 4. The predicted octanol–water partition coefficient (Wildman–Crippen LogP) is 6.77. The van der Waals surface area contributed by atoms with Gasteiger partial charge in [0.15, 0.2) is 23.0 Å². The van der Waals surface area contributed by atoms with Crippen LogP contribution in [0, 0.1) is 0 Å². The van der Waals surface area contributed by atoms with E-state index in [1.807, 2.05) is 6.07 Å². The highest BCUT2D eigenvalue weighted by atomic mass is 35.6. The fraction of sp³-hybridized carbons (Fsp3) is 0.440. The van der Waals surface area contributed by atoms with Crippen molar-refractivity contribution in [2.45, 2.75) is 42.4 Å². The van der Waals surface area contributed by atoms with Crippen molar-refractivity contribution in [2.75, 3.05) is 27.6 Å². The lowest BCUT2D eigenvalue weighted by atomic mass is 9.80. The summed E-state index contributed by atoms with van der Waals surface area (Å²) in [5.41, 5.74) is 6.53. The molecule has 5 nitrogen and oxygen atoms in total. The number of alkyl halides is 3. The van der Waals surface area contributed by atoms with Gasteiger partial charge in [-0.15, -0.1) is 0 Å². The van der Waals surface area contributed by atoms with Gasteiger partial charge in [-0.1, -0.05) is 54.2 Å². The van der Waals surface area contributed by atoms with Gasteiger partial charge < -0.3 is 23.8 Å². The first kappa shape index (κ1) is 22.8. The zero-order valence-corrected chi connectivity index (χ0v) is 21.1. The molecule has 0 radical (unpaired) electrons. The smallest absolute Gasteiger partial charge is 0.231 e. The third kappa shape index (κ3) is 3.69. The van der Waals surface area contributed by atoms with Crippen LogP contribution in [0.1, 0.15) is 54.5 Å². The van der Waals surface area contributed by atoms with Gasteiger partial charge in [-0.2, -0.15) is 0 Å². The number of hydrogen-bond acceptors (Lipinski definition) is 5. The van der Waals surface area contributed by atoms with Crippen molar-refractivity contribution in [3.63, 3.8) is 0 Å². The van der Waals surface area contributed by atoms with Crippen molar-refractivity contribution in [3.8, 4) is 23.0 Å². The van der Waals surface area contributed by atoms with Gasteiger partial charge in [-0.05, 0) is 54.2 Å². The van der Waals surface area contributed by atoms with Crippen LogP contribution in [0.2, 0.25) is 0 Å². The standard InChI is InChI=1S/C25H26Cl3NO4/c1-4-5-6-16-15-7-8-18(30-2)23(31-3)21(15)24(25(26,27)28)29-10-9-14-11-19-20(33-13-32-19)12-17(14)22(16)29/h7-8,11-12,24H,4-6,9-10,13H2,1-3H3. The molecular formula is C25H26Cl3NO4. The Morgan fingerprint density at radius 2 is 1.82 bits per heavy atom. The third-order valence-corrected chi connectivity index (χ3v) is 7.25. The van der Waals surface area contributed by atoms with Gasteiger partial charge in [0, 0.05) is 23.4 Å². The lowest BCUT2D eigenvalue weighted by molar-refractivity contribution is 0.174. The summed E-state index contributed by atoms with van der Waals surface area (Å²) in [6.45, 7) is 3.13. The van der Waals surface area contributed by atoms with E-state index < -0.39 is 9.83 Å². The number of fused-ring (bicyclic) bond motifs is 5. The van der Waals surface area contributed by atoms with Crippen LogP contribution < -0.4 is 18.9 Å². The summed E-state index contributed by atoms with van der Waals surface area (Å²) < 4.78 is 21.2. The molecule has 2 aromatic carbocycles. The number of hydrogen-bond donors (Lipinski definition) is 0. The topological polar surface area (TPSA) is 40.2 Å². The molecule has 3 aliphatic rings. The van der Waals surface area contributed by atoms with E-state index in [1.54, 1.807) is 14.2 Å². The van der Waals surface area contributed by atoms with Gasteiger partial charge in [0.25, 0.3) is 0 Å². The van der Waals surface area contributed by atoms with Crippen molar-refractivity contribution in [2.24, 2.45) is 0 Å². The Hall–Kier alpha value is -1.95. The lowest BCUT2D eigenvalue weighted by Crippen LogP contribution is -2.42. The van der Waals surface area contributed by atoms with Crippen LogP contribution in [0.4, 0.5) is 0 Å². The monoisotopic (exact) mass is 509 g/mol. The van der Waals surface area contributed by atoms with Crippen LogP contribution in [0.25, 0.3) is 11.3 Å². The van der Waals surface area contributed by atoms with Gasteiger partial charge in [-0.25, -0.2) is 0 Å². The number of nitrogens with zero attached hydrogens (tertiary/aromatic N) is 1. The van der Waals surface area contributed by atoms with Crippen molar-refractivity contribution >= 4 is 46.1 Å². The molecule has 0 spiro atoms. The van der Waals surface area contributed by atoms with Gasteiger partial charge in [-0.3, -0.25) is 0 Å². The van der Waals surface area contributed by atoms with E-state index in [1.165, 1.54) is 11.1 Å². The Morgan fingerprint density at radius 3 is 2.48 bits per heavy atom. The zero-order chi connectivity index (χ0) is 23.3. The van der Waals surface area contributed by atoms with Crippen LogP contribution in [0.15, 0.2) is 24.3 Å². The summed E-state index contributed by atoms with van der Waals surface area (Å²) in [6.07, 6.45) is 3.81. The largest absolute Gasteiger partial charge is 0.493 e. The quantitative estimate of drug-likeness (QED) is 0.415. The number of rotatable bonds is 5. The number of benzene rings is 2. The first-order chi connectivity index (χ1) is 15.9. The number of allylic oxidation sites excluding steroid dienone is 1. The van der Waals surface area contributed by atoms with E-state index in [0.29, 0.717) is 18.0 Å². The van der Waals surface area contributed by atoms with Crippen LogP contribution >= 0.6 is 34.8 Å². The van der Waals surface area contributed by atoms with E-state index in [2.05, 4.69) is 30.0 Å². The molecule has 0 saturated carbocycles. The summed E-state index contributed by atoms with van der Waals surface area (Å²) in [6, 6.07) is 7.62. The fourth-order valence-electron chi connectivity index (χ4n) is 5.23. The molecule has 3 heterocycles. The minimum absolute atomic E-state index is 0.236. The van der Waals surface area contributed by atoms with Crippen LogP contribution in [-0.4, -0.2) is 36.2 Å². The molecule has 0 N–H and O–H groups in total. The van der Waals surface area contributed by atoms with Gasteiger partial charge in [0.1, 0.15) is 6.04 Å². The highest BCUT2D eigenvalue weighted by Gasteiger charge is 2.48. The molecule has 33 heavy (non-hydrogen) atoms. The summed E-state index contributed by atoms with van der Waals surface area (Å²) in [7, 11) is 3.25. The second-order valence-electron chi connectivity index (χ2n) is 8.44. The summed E-state index contributed by atoms with van der Waals surface area (Å²) in [5.74, 6) is 2.77. The van der Waals surface area contributed by atoms with Crippen molar-refractivity contribution < 1.29 is 18.9 Å². The second-order valence-corrected chi connectivity index (χ2v) is 10.8. The van der Waals surface area contributed by atoms with Gasteiger partial charge in [0.2, 0.25) is 10.6 Å². The van der Waals surface area contributed by atoms with Crippen molar-refractivity contribution in [1.29, 1.82) is 0 Å². The van der Waals surface area contributed by atoms with E-state index in [0.717, 1.165) is 59.6 Å². The molecule has 5 rings (SSSR count). The van der Waals surface area contributed by atoms with Gasteiger partial charge >= 0.3 is 0 Å². The Labute approximate surface area is 209 Å². The van der Waals surface area contributed by atoms with Crippen LogP contribution in [0.3, 0.4) is 0 Å². The number of methoxy groups -OCH3 is 2. The molecule has 0 fully saturated rings. The molecule has 8 heteroatoms. The molecular weight excluding hydrogens is 485 g/mol. The van der Waals surface area contributed by atoms with Crippen molar-refractivity contribution in [1.82, 2.24) is 4.90 Å². The normalized spacial score (nSPS) is 18.6. The molecule has 0 aromatic heterocycles. The van der Waals surface area contributed by atoms with Crippen LogP contribution in [0.5, 0.6) is 23.0 Å². The van der Waals surface area contributed by atoms with Gasteiger partial charge in [0.05, 0.1) is 14.2 Å². The lowest BCUT2D eigenvalue weighted by Gasteiger charge is -2.47. The minimum Gasteiger partial charge on any atom is -0.493 e. The number of unbranched alkanes of at least 4 members (excludes halogenated alkanes) is 1. The maximum absolute atomic E-state index is 6.68. The predicted molar refractivity (Wildman–Crippen MR) is 132 cm³/mol. The Balaban J connectivity index is 1.83. The molecule has 3 aliphatic heterocycles. The highest BCUT2D eigenvalue weighted by molar-refractivity contribution is 6.68. The molecule has 1 atom stereocenters. The summed E-state index contributed by atoms with van der Waals surface area (Å²) >= 11 is 20.0. The maximum atomic E-state index is 6.68. The molecule has 0 bridgehead atoms. The van der Waals surface area contributed by atoms with E-state index in [9.17, 15) is 0 Å². The average molecular weight is 511 g/mol. The average Bonchev–Trinajstić information content (AvgIpc) is 3.25. The van der Waals surface area contributed by atoms with Crippen molar-refractivity contribution in [3.05, 3.63) is 46.5 Å². The molecule has 1 unspecified atom stereocenters. The zero-order valence-electron chi connectivity index (χ0n) is 18.8. The first-order valence-corrected chi connectivity index (χ1v) is 12.3. The molecule has 176 valence electrons. The Bertz CT molecular complexity index is 1130.